The molecule has 3 N–H and O–H groups in total. The maximum absolute atomic E-state index is 12.0. The summed E-state index contributed by atoms with van der Waals surface area (Å²) in [6.07, 6.45) is 3.52. The summed E-state index contributed by atoms with van der Waals surface area (Å²) >= 11 is 0. The van der Waals surface area contributed by atoms with Gasteiger partial charge >= 0.3 is 0 Å². The number of aromatic amines is 1. The summed E-state index contributed by atoms with van der Waals surface area (Å²) in [5.74, 6) is 0.380. The number of nitrogens with zero attached hydrogens (tertiary/aromatic N) is 1. The van der Waals surface area contributed by atoms with E-state index in [1.165, 1.54) is 6.20 Å². The normalized spacial score (nSPS) is 21.6. The van der Waals surface area contributed by atoms with E-state index in [2.05, 4.69) is 20.2 Å². The van der Waals surface area contributed by atoms with Crippen LogP contribution >= 0.6 is 0 Å². The number of aryl methyl sites for hydroxylation is 1. The summed E-state index contributed by atoms with van der Waals surface area (Å²) in [7, 11) is -3.42. The lowest BCUT2D eigenvalue weighted by Crippen LogP contribution is -2.38. The molecular formula is C10H18N4O2S. The number of sulfonamides is 1. The van der Waals surface area contributed by atoms with E-state index in [4.69, 9.17) is 0 Å². The molecule has 7 heteroatoms. The highest BCUT2D eigenvalue weighted by molar-refractivity contribution is 7.89. The minimum atomic E-state index is -3.42. The molecule has 1 aliphatic rings. The van der Waals surface area contributed by atoms with Crippen LogP contribution in [-0.4, -0.2) is 38.2 Å². The molecule has 96 valence electrons. The molecule has 1 aliphatic heterocycles. The van der Waals surface area contributed by atoms with E-state index in [0.29, 0.717) is 18.2 Å². The van der Waals surface area contributed by atoms with Gasteiger partial charge in [-0.1, -0.05) is 0 Å². The molecule has 1 aromatic heterocycles. The first-order valence-electron chi connectivity index (χ1n) is 5.80. The summed E-state index contributed by atoms with van der Waals surface area (Å²) in [5, 5.41) is 9.62. The van der Waals surface area contributed by atoms with Gasteiger partial charge in [-0.05, 0) is 38.8 Å². The van der Waals surface area contributed by atoms with Gasteiger partial charge in [0.25, 0.3) is 0 Å². The van der Waals surface area contributed by atoms with Crippen LogP contribution in [0.4, 0.5) is 0 Å². The van der Waals surface area contributed by atoms with Crippen LogP contribution in [0.3, 0.4) is 0 Å². The molecule has 0 aliphatic carbocycles. The van der Waals surface area contributed by atoms with Crippen molar-refractivity contribution in [1.82, 2.24) is 20.2 Å². The van der Waals surface area contributed by atoms with E-state index >= 15 is 0 Å². The zero-order chi connectivity index (χ0) is 12.3. The van der Waals surface area contributed by atoms with Crippen molar-refractivity contribution in [3.8, 4) is 0 Å². The molecule has 0 saturated carbocycles. The largest absolute Gasteiger partial charge is 0.316 e. The Morgan fingerprint density at radius 1 is 1.59 bits per heavy atom. The van der Waals surface area contributed by atoms with Crippen molar-refractivity contribution in [2.75, 3.05) is 19.6 Å². The molecule has 1 saturated heterocycles. The Morgan fingerprint density at radius 2 is 2.41 bits per heavy atom. The molecule has 0 radical (unpaired) electrons. The van der Waals surface area contributed by atoms with Crippen LogP contribution in [0.5, 0.6) is 0 Å². The van der Waals surface area contributed by atoms with Gasteiger partial charge in [0.2, 0.25) is 10.0 Å². The molecule has 1 fully saturated rings. The van der Waals surface area contributed by atoms with Crippen LogP contribution < -0.4 is 10.0 Å². The summed E-state index contributed by atoms with van der Waals surface area (Å²) in [4.78, 5) is 0.237. The molecule has 2 rings (SSSR count). The van der Waals surface area contributed by atoms with Crippen LogP contribution in [0.1, 0.15) is 18.5 Å². The Bertz CT molecular complexity index is 462. The van der Waals surface area contributed by atoms with Crippen molar-refractivity contribution in [2.24, 2.45) is 5.92 Å². The first kappa shape index (κ1) is 12.5. The molecule has 1 unspecified atom stereocenters. The highest BCUT2D eigenvalue weighted by Gasteiger charge is 2.21. The number of hydrogen-bond acceptors (Lipinski definition) is 4. The molecule has 17 heavy (non-hydrogen) atoms. The van der Waals surface area contributed by atoms with E-state index in [-0.39, 0.29) is 4.90 Å². The fraction of sp³-hybridized carbons (Fsp3) is 0.700. The zero-order valence-electron chi connectivity index (χ0n) is 9.86. The zero-order valence-corrected chi connectivity index (χ0v) is 10.7. The Morgan fingerprint density at radius 3 is 3.00 bits per heavy atom. The van der Waals surface area contributed by atoms with E-state index in [0.717, 1.165) is 25.9 Å². The van der Waals surface area contributed by atoms with Gasteiger partial charge in [-0.15, -0.1) is 0 Å². The minimum absolute atomic E-state index is 0.237. The maximum atomic E-state index is 12.0. The summed E-state index contributed by atoms with van der Waals surface area (Å²) in [6.45, 7) is 4.10. The van der Waals surface area contributed by atoms with Crippen molar-refractivity contribution >= 4 is 10.0 Å². The summed E-state index contributed by atoms with van der Waals surface area (Å²) in [5.41, 5.74) is 0.569. The van der Waals surface area contributed by atoms with Crippen LogP contribution in [-0.2, 0) is 10.0 Å². The first-order chi connectivity index (χ1) is 8.09. The highest BCUT2D eigenvalue weighted by atomic mass is 32.2. The van der Waals surface area contributed by atoms with Gasteiger partial charge in [0.05, 0.1) is 11.9 Å². The van der Waals surface area contributed by atoms with Crippen molar-refractivity contribution in [3.05, 3.63) is 11.9 Å². The minimum Gasteiger partial charge on any atom is -0.316 e. The average molecular weight is 258 g/mol. The van der Waals surface area contributed by atoms with Crippen molar-refractivity contribution in [3.63, 3.8) is 0 Å². The summed E-state index contributed by atoms with van der Waals surface area (Å²) < 4.78 is 26.6. The van der Waals surface area contributed by atoms with Crippen LogP contribution in [0.15, 0.2) is 11.1 Å². The number of piperidine rings is 1. The van der Waals surface area contributed by atoms with E-state index < -0.39 is 10.0 Å². The second-order valence-corrected chi connectivity index (χ2v) is 6.16. The summed E-state index contributed by atoms with van der Waals surface area (Å²) in [6, 6.07) is 0. The second kappa shape index (κ2) is 5.16. The Hall–Kier alpha value is -0.920. The van der Waals surface area contributed by atoms with Gasteiger partial charge in [0.1, 0.15) is 4.90 Å². The van der Waals surface area contributed by atoms with Crippen molar-refractivity contribution in [2.45, 2.75) is 24.7 Å². The lowest BCUT2D eigenvalue weighted by atomic mass is 10.0. The Kier molecular flexibility index (Phi) is 3.80. The molecule has 1 aromatic rings. The van der Waals surface area contributed by atoms with Gasteiger partial charge in [-0.3, -0.25) is 5.10 Å². The molecule has 0 amide bonds. The molecule has 0 bridgehead atoms. The first-order valence-corrected chi connectivity index (χ1v) is 7.28. The fourth-order valence-corrected chi connectivity index (χ4v) is 3.26. The lowest BCUT2D eigenvalue weighted by molar-refractivity contribution is 0.376. The third kappa shape index (κ3) is 3.05. The topological polar surface area (TPSA) is 86.9 Å². The lowest BCUT2D eigenvalue weighted by Gasteiger charge is -2.22. The van der Waals surface area contributed by atoms with E-state index in [1.54, 1.807) is 6.92 Å². The van der Waals surface area contributed by atoms with Crippen molar-refractivity contribution in [1.29, 1.82) is 0 Å². The maximum Gasteiger partial charge on any atom is 0.243 e. The predicted molar refractivity (Wildman–Crippen MR) is 64.1 cm³/mol. The molecular weight excluding hydrogens is 240 g/mol. The number of aromatic nitrogens is 2. The Balaban J connectivity index is 1.96. The van der Waals surface area contributed by atoms with Gasteiger partial charge in [0.15, 0.2) is 0 Å². The monoisotopic (exact) mass is 258 g/mol. The van der Waals surface area contributed by atoms with Gasteiger partial charge in [-0.25, -0.2) is 13.1 Å². The average Bonchev–Trinajstić information content (AvgIpc) is 2.75. The van der Waals surface area contributed by atoms with Gasteiger partial charge in [0, 0.05) is 6.54 Å². The highest BCUT2D eigenvalue weighted by Crippen LogP contribution is 2.13. The van der Waals surface area contributed by atoms with Crippen molar-refractivity contribution < 1.29 is 8.42 Å². The van der Waals surface area contributed by atoms with Gasteiger partial charge in [-0.2, -0.15) is 5.10 Å². The predicted octanol–water partition coefficient (Wildman–Crippen LogP) is -0.00398. The smallest absolute Gasteiger partial charge is 0.243 e. The Labute approximate surface area is 101 Å². The molecule has 2 heterocycles. The van der Waals surface area contributed by atoms with E-state index in [1.807, 2.05) is 0 Å². The van der Waals surface area contributed by atoms with Gasteiger partial charge < -0.3 is 5.32 Å². The molecule has 0 spiro atoms. The fourth-order valence-electron chi connectivity index (χ4n) is 2.01. The number of rotatable bonds is 4. The number of hydrogen-bond donors (Lipinski definition) is 3. The molecule has 0 aromatic carbocycles. The number of nitrogens with one attached hydrogen (secondary N) is 3. The third-order valence-electron chi connectivity index (χ3n) is 3.03. The second-order valence-electron chi connectivity index (χ2n) is 4.42. The quantitative estimate of drug-likeness (QED) is 0.709. The van der Waals surface area contributed by atoms with Crippen LogP contribution in [0.25, 0.3) is 0 Å². The molecule has 1 atom stereocenters. The number of H-pyrrole nitrogens is 1. The van der Waals surface area contributed by atoms with Crippen LogP contribution in [0.2, 0.25) is 0 Å². The van der Waals surface area contributed by atoms with Crippen LogP contribution in [0, 0.1) is 12.8 Å². The SMILES string of the molecule is Cc1[nH]ncc1S(=O)(=O)NCC1CCCNC1. The van der Waals surface area contributed by atoms with E-state index in [9.17, 15) is 8.42 Å². The molecule has 6 nitrogen and oxygen atoms in total. The third-order valence-corrected chi connectivity index (χ3v) is 4.57. The standard InChI is InChI=1S/C10H18N4O2S/c1-8-10(7-12-14-8)17(15,16)13-6-9-3-2-4-11-5-9/h7,9,11,13H,2-6H2,1H3,(H,12,14).